The molecule has 0 saturated heterocycles. The lowest BCUT2D eigenvalue weighted by Crippen LogP contribution is -1.85. The molecule has 0 aromatic carbocycles. The van der Waals surface area contributed by atoms with Gasteiger partial charge in [-0.2, -0.15) is 23.3 Å². The normalized spacial score (nSPS) is 9.04. The minimum absolute atomic E-state index is 0.282. The van der Waals surface area contributed by atoms with Gasteiger partial charge in [-0.25, -0.2) is 19.2 Å². The van der Waals surface area contributed by atoms with Crippen molar-refractivity contribution in [3.8, 4) is 0 Å². The van der Waals surface area contributed by atoms with Crippen LogP contribution in [0.1, 0.15) is 268 Å². The summed E-state index contributed by atoms with van der Waals surface area (Å²) < 4.78 is 48.0. The zero-order chi connectivity index (χ0) is 80.8. The van der Waals surface area contributed by atoms with Crippen LogP contribution in [0.25, 0.3) is 0 Å². The first-order chi connectivity index (χ1) is 49.1. The number of aromatic nitrogens is 27. The molecule has 12 aromatic rings. The molecule has 37 heteroatoms. The van der Waals surface area contributed by atoms with Gasteiger partial charge in [0.15, 0.2) is 19.0 Å². The molecule has 0 spiro atoms. The second kappa shape index (κ2) is 90.4. The van der Waals surface area contributed by atoms with Crippen molar-refractivity contribution in [3.63, 3.8) is 0 Å². The quantitative estimate of drug-likeness (QED) is 0.165. The van der Waals surface area contributed by atoms with Gasteiger partial charge in [0.05, 0.1) is 76.9 Å². The molecule has 0 aliphatic rings. The van der Waals surface area contributed by atoms with Crippen LogP contribution >= 0.6 is 46.5 Å². The van der Waals surface area contributed by atoms with Gasteiger partial charge >= 0.3 is 0 Å². The molecule has 0 saturated carbocycles. The van der Waals surface area contributed by atoms with Crippen molar-refractivity contribution in [2.24, 2.45) is 47.3 Å². The Morgan fingerprint density at radius 1 is 0.404 bits per heavy atom. The van der Waals surface area contributed by atoms with E-state index < -0.39 is 0 Å². The predicted octanol–water partition coefficient (Wildman–Crippen LogP) is 19.4. The van der Waals surface area contributed by atoms with Gasteiger partial charge in [0.2, 0.25) is 0 Å². The smallest absolute Gasteiger partial charge is 0.250 e. The molecule has 0 bridgehead atoms. The minimum Gasteiger partial charge on any atom is -0.452 e. The van der Waals surface area contributed by atoms with Gasteiger partial charge in [-0.15, -0.1) is 20.4 Å². The molecule has 0 radical (unpaired) electrons. The van der Waals surface area contributed by atoms with Crippen molar-refractivity contribution in [3.05, 3.63) is 140 Å². The lowest BCUT2D eigenvalue weighted by Gasteiger charge is -1.92. The molecule has 0 amide bonds. The number of hydrogen-bond donors (Lipinski definition) is 2. The van der Waals surface area contributed by atoms with E-state index in [0.29, 0.717) is 23.6 Å². The average molecular weight is 1540 g/mol. The van der Waals surface area contributed by atoms with Crippen LogP contribution in [-0.2, 0) is 0 Å². The Bertz CT molecular complexity index is 2280. The van der Waals surface area contributed by atoms with Crippen LogP contribution in [-0.4, -0.2) is 134 Å². The maximum Gasteiger partial charge on any atom is 0.250 e. The molecule has 12 heterocycles. The summed E-state index contributed by atoms with van der Waals surface area (Å²) in [5.74, 6) is 8.94. The fraction of sp³-hybridized carbons (Fsp3) is 0.657. The van der Waals surface area contributed by atoms with E-state index in [2.05, 4.69) is 356 Å². The van der Waals surface area contributed by atoms with E-state index in [9.17, 15) is 0 Å². The summed E-state index contributed by atoms with van der Waals surface area (Å²) in [7, 11) is 0. The lowest BCUT2D eigenvalue weighted by molar-refractivity contribution is 0.292. The zero-order valence-electron chi connectivity index (χ0n) is 68.2. The minimum atomic E-state index is 0.282. The molecule has 0 fully saturated rings. The Morgan fingerprint density at radius 3 is 1.16 bits per heavy atom. The molecule has 0 unspecified atom stereocenters. The van der Waals surface area contributed by atoms with E-state index in [1.807, 2.05) is 45.3 Å². The molecule has 0 aliphatic carbocycles. The van der Waals surface area contributed by atoms with Gasteiger partial charge in [-0.1, -0.05) is 261 Å². The SMILES string of the molecule is CC(C)C.CC(C)C.CC(C)C.CC(C)C.CC(C)C.CC(C)C.CC(C)C.CC(C)C.CC(C)c1cnon1.CC(C)c1cnsn1.CC(C)c1nnno1.CC(C)c1nnns1.c1cn[nH]c1.c1cnoc1.c1cocn1.c1conn1.c1csnn1.c1nc[nH]n1.c1nnon1.c1nnsn1. The van der Waals surface area contributed by atoms with Crippen molar-refractivity contribution in [1.29, 1.82) is 0 Å². The fourth-order valence-corrected chi connectivity index (χ4v) is 4.27. The fourth-order valence-electron chi connectivity index (χ4n) is 2.79. The lowest BCUT2D eigenvalue weighted by atomic mass is 10.2. The second-order valence-electron chi connectivity index (χ2n) is 26.5. The molecule has 592 valence electrons. The number of nitrogens with zero attached hydrogens (tertiary/aromatic N) is 25. The molecule has 33 nitrogen and oxygen atoms in total. The Labute approximate surface area is 637 Å². The summed E-state index contributed by atoms with van der Waals surface area (Å²) >= 11 is 5.08. The average Bonchev–Trinajstić information content (AvgIpc) is 1.87. The Hall–Kier alpha value is -8.71. The summed E-state index contributed by atoms with van der Waals surface area (Å²) in [5, 5.41) is 65.3. The first kappa shape index (κ1) is 111. The molecular weight excluding hydrogens is 1410 g/mol. The number of nitrogens with one attached hydrogen (secondary N) is 2. The Balaban J connectivity index is -0.000000156. The highest BCUT2D eigenvalue weighted by molar-refractivity contribution is 7.05. The van der Waals surface area contributed by atoms with Crippen molar-refractivity contribution in [2.75, 3.05) is 0 Å². The molecule has 104 heavy (non-hydrogen) atoms. The van der Waals surface area contributed by atoms with Gasteiger partial charge < -0.3 is 18.0 Å². The number of H-pyrrole nitrogens is 2. The summed E-state index contributed by atoms with van der Waals surface area (Å²) in [4.78, 5) is 7.11. The van der Waals surface area contributed by atoms with Gasteiger partial charge in [0.25, 0.3) is 5.89 Å². The maximum absolute atomic E-state index is 4.62. The number of rotatable bonds is 4. The molecule has 12 rings (SSSR count). The van der Waals surface area contributed by atoms with Crippen molar-refractivity contribution in [2.45, 2.75) is 245 Å². The largest absolute Gasteiger partial charge is 0.452 e. The summed E-state index contributed by atoms with van der Waals surface area (Å²) in [6, 6.07) is 3.56. The van der Waals surface area contributed by atoms with Crippen LogP contribution in [0.2, 0.25) is 0 Å². The highest BCUT2D eigenvalue weighted by atomic mass is 32.1. The number of oxazole rings is 1. The first-order valence-electron chi connectivity index (χ1n) is 33.9. The molecular formula is C67H129N27O6S4. The van der Waals surface area contributed by atoms with E-state index >= 15 is 0 Å². The monoisotopic (exact) mass is 1540 g/mol. The standard InChI is InChI=1S/C5H8N2O.C5H8N2S.C4H7N3O.C4H7N3S.8C4H10.C3H4N2.2C3H3NO.C2H3N3.C2H2N2O.C2H2N2S.CHN3O.CHN3S/c2*1-4(2)5-3-6-8-7-5;2*1-3(2)4-5-6-7-8-4;8*1-4(2)3;1-2-4-5-3-1;1-2-5-3-4-1;1-2-4-5-3-1;1-3-2-5-4-1;2*1-2-5-4-3-1;2*1-2-4-5-3-1/h2*3-4H,1-2H3;2*3H,1-2H3;8*4H,1-3H3;1-3H,(H,4,5);2*1-3H;1-2H,(H,3,4,5);2*1-2H;2*1H. The Kier molecular flexibility index (Phi) is 96.6. The summed E-state index contributed by atoms with van der Waals surface area (Å²) in [6.45, 7) is 68.4. The van der Waals surface area contributed by atoms with Gasteiger partial charge in [-0.05, 0) is 92.5 Å². The molecule has 2 N–H and O–H groups in total. The van der Waals surface area contributed by atoms with Gasteiger partial charge in [0.1, 0.15) is 42.1 Å². The van der Waals surface area contributed by atoms with E-state index in [1.54, 1.807) is 43.2 Å². The van der Waals surface area contributed by atoms with Crippen LogP contribution < -0.4 is 0 Å². The van der Waals surface area contributed by atoms with E-state index in [1.165, 1.54) is 91.5 Å². The highest BCUT2D eigenvalue weighted by Gasteiger charge is 2.04. The van der Waals surface area contributed by atoms with E-state index in [0.717, 1.165) is 75.5 Å². The first-order valence-corrected chi connectivity index (χ1v) is 37.0. The van der Waals surface area contributed by atoms with Crippen LogP contribution in [0.4, 0.5) is 0 Å². The van der Waals surface area contributed by atoms with Crippen molar-refractivity contribution in [1.82, 2.24) is 134 Å². The van der Waals surface area contributed by atoms with Crippen LogP contribution in [0, 0.1) is 47.3 Å². The van der Waals surface area contributed by atoms with Crippen LogP contribution in [0.15, 0.2) is 145 Å². The predicted molar refractivity (Wildman–Crippen MR) is 416 cm³/mol. The second-order valence-corrected chi connectivity index (χ2v) is 29.0. The third kappa shape index (κ3) is 140. The van der Waals surface area contributed by atoms with E-state index in [4.69, 9.17) is 0 Å². The number of hydrogen-bond acceptors (Lipinski definition) is 35. The van der Waals surface area contributed by atoms with Gasteiger partial charge in [-0.3, -0.25) is 10.2 Å². The third-order valence-corrected chi connectivity index (χ3v) is 8.19. The van der Waals surface area contributed by atoms with Crippen molar-refractivity contribution < 1.29 is 27.2 Å². The summed E-state index contributed by atoms with van der Waals surface area (Å²) in [6.07, 6.45) is 24.6. The van der Waals surface area contributed by atoms with Crippen LogP contribution in [0.5, 0.6) is 0 Å². The highest BCUT2D eigenvalue weighted by Crippen LogP contribution is 2.12. The molecule has 0 atom stereocenters. The maximum atomic E-state index is 4.62. The Morgan fingerprint density at radius 2 is 1.01 bits per heavy atom. The van der Waals surface area contributed by atoms with E-state index in [-0.39, 0.29) is 5.92 Å². The zero-order valence-corrected chi connectivity index (χ0v) is 71.4. The topological polar surface area (TPSA) is 433 Å². The van der Waals surface area contributed by atoms with Crippen LogP contribution in [0.3, 0.4) is 0 Å². The van der Waals surface area contributed by atoms with Gasteiger partial charge in [0, 0.05) is 52.3 Å². The number of aromatic amines is 2. The molecule has 12 aromatic heterocycles. The molecule has 0 aliphatic heterocycles. The summed E-state index contributed by atoms with van der Waals surface area (Å²) in [5.41, 5.74) is 2.00. The van der Waals surface area contributed by atoms with Crippen molar-refractivity contribution >= 4 is 46.5 Å². The third-order valence-electron chi connectivity index (χ3n) is 6.01.